The predicted octanol–water partition coefficient (Wildman–Crippen LogP) is 2.66. The number of hydrogen-bond acceptors (Lipinski definition) is 3. The van der Waals surface area contributed by atoms with Crippen molar-refractivity contribution in [1.29, 1.82) is 0 Å². The minimum absolute atomic E-state index is 0.533. The van der Waals surface area contributed by atoms with Crippen molar-refractivity contribution in [2.45, 2.75) is 6.42 Å². The van der Waals surface area contributed by atoms with Gasteiger partial charge in [-0.3, -0.25) is 4.98 Å². The first kappa shape index (κ1) is 13.7. The minimum atomic E-state index is 0.533. The molecule has 2 rings (SSSR count). The van der Waals surface area contributed by atoms with Crippen molar-refractivity contribution in [3.63, 3.8) is 0 Å². The van der Waals surface area contributed by atoms with Crippen LogP contribution in [-0.4, -0.2) is 21.6 Å². The van der Waals surface area contributed by atoms with E-state index in [4.69, 9.17) is 23.8 Å². The zero-order valence-corrected chi connectivity index (χ0v) is 11.7. The molecule has 0 unspecified atom stereocenters. The number of pyridine rings is 2. The van der Waals surface area contributed by atoms with Gasteiger partial charge in [0.2, 0.25) is 0 Å². The van der Waals surface area contributed by atoms with Gasteiger partial charge in [-0.05, 0) is 36.5 Å². The molecule has 2 heterocycles. The lowest BCUT2D eigenvalue weighted by atomic mass is 10.3. The van der Waals surface area contributed by atoms with Crippen molar-refractivity contribution in [3.8, 4) is 0 Å². The third-order valence-corrected chi connectivity index (χ3v) is 2.98. The maximum atomic E-state index is 6.02. The fourth-order valence-corrected chi connectivity index (χ4v) is 1.92. The summed E-state index contributed by atoms with van der Waals surface area (Å²) in [5.74, 6) is 0.718. The van der Waals surface area contributed by atoms with Crippen LogP contribution < -0.4 is 10.6 Å². The number of nitrogens with one attached hydrogen (secondary N) is 2. The summed E-state index contributed by atoms with van der Waals surface area (Å²) < 4.78 is 0. The maximum Gasteiger partial charge on any atom is 0.171 e. The first-order chi connectivity index (χ1) is 9.25. The van der Waals surface area contributed by atoms with Gasteiger partial charge in [-0.15, -0.1) is 0 Å². The third kappa shape index (κ3) is 4.46. The average molecular weight is 293 g/mol. The van der Waals surface area contributed by atoms with Crippen molar-refractivity contribution < 1.29 is 0 Å². The van der Waals surface area contributed by atoms with Crippen LogP contribution in [-0.2, 0) is 6.42 Å². The summed E-state index contributed by atoms with van der Waals surface area (Å²) in [6.45, 7) is 0.662. The summed E-state index contributed by atoms with van der Waals surface area (Å²) in [7, 11) is 0. The number of halogens is 1. The highest BCUT2D eigenvalue weighted by atomic mass is 35.5. The van der Waals surface area contributed by atoms with Gasteiger partial charge < -0.3 is 10.6 Å². The highest BCUT2D eigenvalue weighted by Gasteiger charge is 2.01. The quantitative estimate of drug-likeness (QED) is 0.849. The number of rotatable bonds is 4. The molecule has 2 aromatic heterocycles. The number of thiocarbonyl (C=S) groups is 1. The molecule has 0 amide bonds. The molecular formula is C13H13ClN4S. The Morgan fingerprint density at radius 1 is 1.16 bits per heavy atom. The van der Waals surface area contributed by atoms with Gasteiger partial charge in [0.05, 0.1) is 10.7 Å². The Hall–Kier alpha value is -1.72. The summed E-state index contributed by atoms with van der Waals surface area (Å²) in [6.07, 6.45) is 4.15. The second-order valence-corrected chi connectivity index (χ2v) is 4.59. The fourth-order valence-electron chi connectivity index (χ4n) is 1.49. The second-order valence-electron chi connectivity index (χ2n) is 3.78. The van der Waals surface area contributed by atoms with Gasteiger partial charge in [0, 0.05) is 25.4 Å². The lowest BCUT2D eigenvalue weighted by Crippen LogP contribution is -2.30. The Kier molecular flexibility index (Phi) is 5.06. The van der Waals surface area contributed by atoms with Crippen molar-refractivity contribution in [3.05, 3.63) is 53.4 Å². The zero-order valence-electron chi connectivity index (χ0n) is 10.1. The summed E-state index contributed by atoms with van der Waals surface area (Å²) in [5.41, 5.74) is 0.859. The van der Waals surface area contributed by atoms with E-state index in [1.165, 1.54) is 0 Å². The number of nitrogens with zero attached hydrogens (tertiary/aromatic N) is 2. The van der Waals surface area contributed by atoms with E-state index in [1.807, 2.05) is 30.3 Å². The molecule has 0 aliphatic rings. The normalized spacial score (nSPS) is 9.95. The molecule has 98 valence electrons. The Balaban J connectivity index is 1.77. The SMILES string of the molecule is S=C(NCCc1ncccc1Cl)Nc1ccccn1. The van der Waals surface area contributed by atoms with Crippen LogP contribution in [0.3, 0.4) is 0 Å². The molecule has 0 atom stereocenters. The van der Waals surface area contributed by atoms with Crippen LogP contribution in [0.25, 0.3) is 0 Å². The number of anilines is 1. The Labute approximate surface area is 122 Å². The monoisotopic (exact) mass is 292 g/mol. The van der Waals surface area contributed by atoms with E-state index in [2.05, 4.69) is 20.6 Å². The van der Waals surface area contributed by atoms with Gasteiger partial charge in [0.1, 0.15) is 5.82 Å². The van der Waals surface area contributed by atoms with E-state index < -0.39 is 0 Å². The smallest absolute Gasteiger partial charge is 0.171 e. The molecule has 0 aliphatic carbocycles. The molecule has 4 nitrogen and oxygen atoms in total. The van der Waals surface area contributed by atoms with Crippen LogP contribution in [0.4, 0.5) is 5.82 Å². The number of aromatic nitrogens is 2. The van der Waals surface area contributed by atoms with E-state index in [1.54, 1.807) is 12.4 Å². The third-order valence-electron chi connectivity index (χ3n) is 2.39. The van der Waals surface area contributed by atoms with Gasteiger partial charge in [0.15, 0.2) is 5.11 Å². The first-order valence-electron chi connectivity index (χ1n) is 5.81. The summed E-state index contributed by atoms with van der Waals surface area (Å²) in [5, 5.41) is 7.29. The molecule has 2 aromatic rings. The van der Waals surface area contributed by atoms with Crippen LogP contribution >= 0.6 is 23.8 Å². The standard InChI is InChI=1S/C13H13ClN4S/c14-10-4-3-8-15-11(10)6-9-17-13(19)18-12-5-1-2-7-16-12/h1-5,7-8H,6,9H2,(H2,16,17,18,19). The van der Waals surface area contributed by atoms with Gasteiger partial charge >= 0.3 is 0 Å². The molecular weight excluding hydrogens is 280 g/mol. The van der Waals surface area contributed by atoms with Crippen molar-refractivity contribution in [1.82, 2.24) is 15.3 Å². The Morgan fingerprint density at radius 2 is 2.00 bits per heavy atom. The molecule has 0 spiro atoms. The molecule has 0 aliphatic heterocycles. The molecule has 0 saturated carbocycles. The summed E-state index contributed by atoms with van der Waals surface area (Å²) in [6, 6.07) is 9.24. The van der Waals surface area contributed by atoms with Crippen LogP contribution in [0.1, 0.15) is 5.69 Å². The van der Waals surface area contributed by atoms with E-state index in [0.29, 0.717) is 23.1 Å². The maximum absolute atomic E-state index is 6.02. The van der Waals surface area contributed by atoms with Gasteiger partial charge in [-0.1, -0.05) is 17.7 Å². The summed E-state index contributed by atoms with van der Waals surface area (Å²) >= 11 is 11.2. The highest BCUT2D eigenvalue weighted by molar-refractivity contribution is 7.80. The topological polar surface area (TPSA) is 49.8 Å². The van der Waals surface area contributed by atoms with Crippen molar-refractivity contribution in [2.75, 3.05) is 11.9 Å². The molecule has 2 N–H and O–H groups in total. The fraction of sp³-hybridized carbons (Fsp3) is 0.154. The van der Waals surface area contributed by atoms with Gasteiger partial charge in [0.25, 0.3) is 0 Å². The first-order valence-corrected chi connectivity index (χ1v) is 6.59. The molecule has 0 bridgehead atoms. The van der Waals surface area contributed by atoms with Crippen LogP contribution in [0, 0.1) is 0 Å². The van der Waals surface area contributed by atoms with Crippen molar-refractivity contribution >= 4 is 34.7 Å². The van der Waals surface area contributed by atoms with E-state index in [-0.39, 0.29) is 0 Å². The van der Waals surface area contributed by atoms with Gasteiger partial charge in [-0.25, -0.2) is 4.98 Å². The Morgan fingerprint density at radius 3 is 2.74 bits per heavy atom. The average Bonchev–Trinajstić information content (AvgIpc) is 2.42. The minimum Gasteiger partial charge on any atom is -0.362 e. The summed E-state index contributed by atoms with van der Waals surface area (Å²) in [4.78, 5) is 8.34. The van der Waals surface area contributed by atoms with E-state index >= 15 is 0 Å². The molecule has 19 heavy (non-hydrogen) atoms. The molecule has 0 radical (unpaired) electrons. The van der Waals surface area contributed by atoms with Crippen molar-refractivity contribution in [2.24, 2.45) is 0 Å². The lowest BCUT2D eigenvalue weighted by molar-refractivity contribution is 0.847. The molecule has 0 fully saturated rings. The number of hydrogen-bond donors (Lipinski definition) is 2. The van der Waals surface area contributed by atoms with Gasteiger partial charge in [-0.2, -0.15) is 0 Å². The second kappa shape index (κ2) is 7.01. The van der Waals surface area contributed by atoms with Crippen LogP contribution in [0.5, 0.6) is 0 Å². The largest absolute Gasteiger partial charge is 0.362 e. The molecule has 6 heteroatoms. The van der Waals surface area contributed by atoms with Crippen LogP contribution in [0.15, 0.2) is 42.7 Å². The molecule has 0 saturated heterocycles. The predicted molar refractivity (Wildman–Crippen MR) is 81.4 cm³/mol. The Bertz CT molecular complexity index is 547. The van der Waals surface area contributed by atoms with E-state index in [0.717, 1.165) is 11.5 Å². The lowest BCUT2D eigenvalue weighted by Gasteiger charge is -2.09. The zero-order chi connectivity index (χ0) is 13.5. The van der Waals surface area contributed by atoms with Crippen LogP contribution in [0.2, 0.25) is 5.02 Å². The molecule has 0 aromatic carbocycles. The van der Waals surface area contributed by atoms with E-state index in [9.17, 15) is 0 Å². The highest BCUT2D eigenvalue weighted by Crippen LogP contribution is 2.11.